The fraction of sp³-hybridized carbons (Fsp3) is 0.222. The second-order valence-electron chi connectivity index (χ2n) is 3.00. The van der Waals surface area contributed by atoms with Gasteiger partial charge in [0.1, 0.15) is 0 Å². The maximum absolute atomic E-state index is 11.3. The number of thiazole rings is 1. The molecule has 2 rings (SSSR count). The number of fused-ring (bicyclic) bond motifs is 1. The number of nitrogens with zero attached hydrogens (tertiary/aromatic N) is 1. The molecular formula is C9H8ClNOS. The van der Waals surface area contributed by atoms with Crippen LogP contribution >= 0.6 is 22.9 Å². The molecule has 0 spiro atoms. The van der Waals surface area contributed by atoms with Gasteiger partial charge in [-0.25, -0.2) is 0 Å². The number of hydrogen-bond acceptors (Lipinski definition) is 2. The van der Waals surface area contributed by atoms with Gasteiger partial charge in [0.05, 0.1) is 10.2 Å². The molecule has 1 heterocycles. The van der Waals surface area contributed by atoms with Crippen LogP contribution in [0.1, 0.15) is 5.56 Å². The first-order chi connectivity index (χ1) is 6.09. The van der Waals surface area contributed by atoms with Crippen LogP contribution < -0.4 is 4.87 Å². The average molecular weight is 214 g/mol. The molecular weight excluding hydrogens is 206 g/mol. The van der Waals surface area contributed by atoms with E-state index in [1.807, 2.05) is 19.1 Å². The molecule has 1 aromatic heterocycles. The fourth-order valence-electron chi connectivity index (χ4n) is 1.25. The van der Waals surface area contributed by atoms with Crippen LogP contribution in [0.25, 0.3) is 10.2 Å². The lowest BCUT2D eigenvalue weighted by atomic mass is 10.2. The Hall–Kier alpha value is -0.800. The molecule has 0 saturated heterocycles. The van der Waals surface area contributed by atoms with Gasteiger partial charge in [-0.1, -0.05) is 22.9 Å². The number of aryl methyl sites for hydroxylation is 2. The molecule has 1 aromatic carbocycles. The standard InChI is InChI=1S/C9H8ClNOS/c1-5-3-7-8(4-6(5)10)13-9(12)11(7)2/h3-4H,1-2H3. The van der Waals surface area contributed by atoms with E-state index < -0.39 is 0 Å². The molecule has 2 nitrogen and oxygen atoms in total. The molecule has 0 aliphatic rings. The summed E-state index contributed by atoms with van der Waals surface area (Å²) in [5, 5.41) is 0.717. The van der Waals surface area contributed by atoms with Gasteiger partial charge in [-0.05, 0) is 24.6 Å². The minimum absolute atomic E-state index is 0.0525. The first kappa shape index (κ1) is 8.78. The Balaban J connectivity index is 2.97. The first-order valence-corrected chi connectivity index (χ1v) is 5.04. The number of rotatable bonds is 0. The monoisotopic (exact) mass is 213 g/mol. The number of hydrogen-bond donors (Lipinski definition) is 0. The van der Waals surface area contributed by atoms with Gasteiger partial charge in [0.15, 0.2) is 0 Å². The van der Waals surface area contributed by atoms with Gasteiger partial charge in [-0.3, -0.25) is 4.79 Å². The zero-order valence-electron chi connectivity index (χ0n) is 7.30. The lowest BCUT2D eigenvalue weighted by Crippen LogP contribution is -2.06. The summed E-state index contributed by atoms with van der Waals surface area (Å²) in [7, 11) is 1.77. The van der Waals surface area contributed by atoms with Crippen molar-refractivity contribution in [2.75, 3.05) is 0 Å². The van der Waals surface area contributed by atoms with E-state index in [0.29, 0.717) is 5.02 Å². The summed E-state index contributed by atoms with van der Waals surface area (Å²) in [6, 6.07) is 3.79. The van der Waals surface area contributed by atoms with Gasteiger partial charge in [0.25, 0.3) is 0 Å². The van der Waals surface area contributed by atoms with E-state index in [1.54, 1.807) is 11.6 Å². The fourth-order valence-corrected chi connectivity index (χ4v) is 2.38. The van der Waals surface area contributed by atoms with E-state index in [0.717, 1.165) is 15.8 Å². The van der Waals surface area contributed by atoms with Gasteiger partial charge in [0, 0.05) is 12.1 Å². The van der Waals surface area contributed by atoms with Gasteiger partial charge in [-0.2, -0.15) is 0 Å². The van der Waals surface area contributed by atoms with Crippen LogP contribution in [0.3, 0.4) is 0 Å². The Morgan fingerprint density at radius 1 is 1.46 bits per heavy atom. The lowest BCUT2D eigenvalue weighted by molar-refractivity contribution is 0.938. The van der Waals surface area contributed by atoms with E-state index in [2.05, 4.69) is 0 Å². The minimum Gasteiger partial charge on any atom is -0.302 e. The Morgan fingerprint density at radius 3 is 2.85 bits per heavy atom. The molecule has 0 saturated carbocycles. The number of benzene rings is 1. The Kier molecular flexibility index (Phi) is 1.93. The molecule has 2 aromatic rings. The highest BCUT2D eigenvalue weighted by molar-refractivity contribution is 7.16. The van der Waals surface area contributed by atoms with Crippen molar-refractivity contribution in [1.82, 2.24) is 4.57 Å². The predicted octanol–water partition coefficient (Wildman–Crippen LogP) is 2.56. The molecule has 0 atom stereocenters. The maximum atomic E-state index is 11.3. The van der Waals surface area contributed by atoms with Crippen molar-refractivity contribution in [2.45, 2.75) is 6.92 Å². The van der Waals surface area contributed by atoms with Crippen molar-refractivity contribution < 1.29 is 0 Å². The summed E-state index contributed by atoms with van der Waals surface area (Å²) in [4.78, 5) is 11.4. The number of halogens is 1. The molecule has 4 heteroatoms. The van der Waals surface area contributed by atoms with E-state index in [4.69, 9.17) is 11.6 Å². The Labute approximate surface area is 84.4 Å². The number of aromatic nitrogens is 1. The van der Waals surface area contributed by atoms with Crippen LogP contribution in [-0.2, 0) is 7.05 Å². The largest absolute Gasteiger partial charge is 0.307 e. The maximum Gasteiger partial charge on any atom is 0.307 e. The van der Waals surface area contributed by atoms with E-state index in [-0.39, 0.29) is 4.87 Å². The van der Waals surface area contributed by atoms with Gasteiger partial charge in [0.2, 0.25) is 0 Å². The third-order valence-corrected chi connectivity index (χ3v) is 3.48. The summed E-state index contributed by atoms with van der Waals surface area (Å²) in [6.45, 7) is 1.93. The van der Waals surface area contributed by atoms with E-state index >= 15 is 0 Å². The SMILES string of the molecule is Cc1cc2c(cc1Cl)sc(=O)n2C. The van der Waals surface area contributed by atoms with Gasteiger partial charge < -0.3 is 4.57 Å². The summed E-state index contributed by atoms with van der Waals surface area (Å²) in [6.07, 6.45) is 0. The summed E-state index contributed by atoms with van der Waals surface area (Å²) in [5.41, 5.74) is 1.96. The van der Waals surface area contributed by atoms with Crippen molar-refractivity contribution in [3.63, 3.8) is 0 Å². The predicted molar refractivity (Wildman–Crippen MR) is 56.8 cm³/mol. The summed E-state index contributed by atoms with van der Waals surface area (Å²) in [5.74, 6) is 0. The Bertz CT molecular complexity index is 526. The van der Waals surface area contributed by atoms with Crippen molar-refractivity contribution in [2.24, 2.45) is 7.05 Å². The zero-order valence-corrected chi connectivity index (χ0v) is 8.87. The van der Waals surface area contributed by atoms with Crippen LogP contribution in [-0.4, -0.2) is 4.57 Å². The molecule has 13 heavy (non-hydrogen) atoms. The summed E-state index contributed by atoms with van der Waals surface area (Å²) < 4.78 is 2.59. The van der Waals surface area contributed by atoms with Crippen molar-refractivity contribution in [3.8, 4) is 0 Å². The molecule has 0 unspecified atom stereocenters. The molecule has 68 valence electrons. The average Bonchev–Trinajstić information content (AvgIpc) is 2.32. The van der Waals surface area contributed by atoms with Crippen LogP contribution in [0.15, 0.2) is 16.9 Å². The summed E-state index contributed by atoms with van der Waals surface area (Å²) >= 11 is 7.17. The smallest absolute Gasteiger partial charge is 0.302 e. The normalized spacial score (nSPS) is 11.0. The van der Waals surface area contributed by atoms with Crippen LogP contribution in [0.4, 0.5) is 0 Å². The van der Waals surface area contributed by atoms with E-state index in [1.165, 1.54) is 11.3 Å². The lowest BCUT2D eigenvalue weighted by Gasteiger charge is -1.98. The minimum atomic E-state index is 0.0525. The Morgan fingerprint density at radius 2 is 2.15 bits per heavy atom. The highest BCUT2D eigenvalue weighted by atomic mass is 35.5. The molecule has 0 radical (unpaired) electrons. The van der Waals surface area contributed by atoms with Gasteiger partial charge >= 0.3 is 4.87 Å². The highest BCUT2D eigenvalue weighted by Crippen LogP contribution is 2.24. The third-order valence-electron chi connectivity index (χ3n) is 2.07. The second-order valence-corrected chi connectivity index (χ2v) is 4.40. The third kappa shape index (κ3) is 1.28. The molecule has 0 aliphatic heterocycles. The van der Waals surface area contributed by atoms with Gasteiger partial charge in [-0.15, -0.1) is 0 Å². The zero-order chi connectivity index (χ0) is 9.59. The van der Waals surface area contributed by atoms with Crippen LogP contribution in [0.5, 0.6) is 0 Å². The van der Waals surface area contributed by atoms with E-state index in [9.17, 15) is 4.79 Å². The second kappa shape index (κ2) is 2.86. The molecule has 0 amide bonds. The first-order valence-electron chi connectivity index (χ1n) is 3.85. The highest BCUT2D eigenvalue weighted by Gasteiger charge is 2.05. The molecule has 0 bridgehead atoms. The molecule has 0 N–H and O–H groups in total. The van der Waals surface area contributed by atoms with Crippen molar-refractivity contribution in [1.29, 1.82) is 0 Å². The molecule has 0 fully saturated rings. The van der Waals surface area contributed by atoms with Crippen molar-refractivity contribution in [3.05, 3.63) is 32.4 Å². The topological polar surface area (TPSA) is 22.0 Å². The van der Waals surface area contributed by atoms with Crippen molar-refractivity contribution >= 4 is 33.2 Å². The van der Waals surface area contributed by atoms with Crippen LogP contribution in [0, 0.1) is 6.92 Å². The van der Waals surface area contributed by atoms with Crippen LogP contribution in [0.2, 0.25) is 5.02 Å². The molecule has 0 aliphatic carbocycles. The quantitative estimate of drug-likeness (QED) is 0.659.